The normalized spacial score (nSPS) is 30.7. The zero-order valence-electron chi connectivity index (χ0n) is 11.7. The molecule has 1 unspecified atom stereocenters. The van der Waals surface area contributed by atoms with Crippen LogP contribution in [0.4, 0.5) is 0 Å². The summed E-state index contributed by atoms with van der Waals surface area (Å²) in [6.07, 6.45) is 10.3. The number of rotatable bonds is 3. The highest BCUT2D eigenvalue weighted by Gasteiger charge is 2.40. The lowest BCUT2D eigenvalue weighted by Gasteiger charge is -2.35. The summed E-state index contributed by atoms with van der Waals surface area (Å²) in [6.45, 7) is 3.95. The third kappa shape index (κ3) is 3.25. The van der Waals surface area contributed by atoms with Gasteiger partial charge in [-0.25, -0.2) is 0 Å². The highest BCUT2D eigenvalue weighted by molar-refractivity contribution is 5.77. The molecule has 2 rings (SSSR count). The van der Waals surface area contributed by atoms with E-state index in [9.17, 15) is 4.79 Å². The summed E-state index contributed by atoms with van der Waals surface area (Å²) in [5.41, 5.74) is -0.245. The molecule has 1 saturated carbocycles. The number of esters is 1. The van der Waals surface area contributed by atoms with Gasteiger partial charge in [0.25, 0.3) is 0 Å². The molecular formula is C15H27NO2. The maximum absolute atomic E-state index is 12.5. The maximum atomic E-state index is 12.5. The van der Waals surface area contributed by atoms with Crippen LogP contribution < -0.4 is 5.32 Å². The quantitative estimate of drug-likeness (QED) is 0.620. The van der Waals surface area contributed by atoms with Crippen LogP contribution in [-0.4, -0.2) is 25.2 Å². The Hall–Kier alpha value is -0.570. The van der Waals surface area contributed by atoms with Crippen molar-refractivity contribution in [3.05, 3.63) is 0 Å². The summed E-state index contributed by atoms with van der Waals surface area (Å²) in [5, 5.41) is 3.36. The fourth-order valence-corrected chi connectivity index (χ4v) is 3.22. The molecule has 1 heterocycles. The van der Waals surface area contributed by atoms with Crippen molar-refractivity contribution in [2.75, 3.05) is 13.1 Å². The van der Waals surface area contributed by atoms with Gasteiger partial charge in [-0.2, -0.15) is 0 Å². The first-order chi connectivity index (χ1) is 8.77. The van der Waals surface area contributed by atoms with E-state index >= 15 is 0 Å². The SMILES string of the molecule is CCC1(C(=O)OC2CCCCCC2)CCCNC1. The van der Waals surface area contributed by atoms with Crippen molar-refractivity contribution in [3.63, 3.8) is 0 Å². The molecule has 1 atom stereocenters. The van der Waals surface area contributed by atoms with Gasteiger partial charge < -0.3 is 10.1 Å². The second kappa shape index (κ2) is 6.55. The summed E-state index contributed by atoms with van der Waals surface area (Å²) in [5.74, 6) is 0.0594. The van der Waals surface area contributed by atoms with Gasteiger partial charge in [-0.1, -0.05) is 19.8 Å². The molecule has 0 aromatic carbocycles. The van der Waals surface area contributed by atoms with Gasteiger partial charge in [-0.05, 0) is 51.5 Å². The summed E-state index contributed by atoms with van der Waals surface area (Å²) in [4.78, 5) is 12.5. The minimum atomic E-state index is -0.245. The summed E-state index contributed by atoms with van der Waals surface area (Å²) < 4.78 is 5.83. The molecule has 1 saturated heterocycles. The third-order valence-electron chi connectivity index (χ3n) is 4.66. The molecule has 0 spiro atoms. The van der Waals surface area contributed by atoms with E-state index in [0.29, 0.717) is 0 Å². The number of piperidine rings is 1. The van der Waals surface area contributed by atoms with E-state index in [4.69, 9.17) is 4.74 Å². The van der Waals surface area contributed by atoms with E-state index in [2.05, 4.69) is 12.2 Å². The summed E-state index contributed by atoms with van der Waals surface area (Å²) in [7, 11) is 0. The first-order valence-electron chi connectivity index (χ1n) is 7.69. The molecule has 2 fully saturated rings. The molecule has 0 aromatic rings. The molecule has 2 aliphatic rings. The zero-order chi connectivity index (χ0) is 12.8. The van der Waals surface area contributed by atoms with E-state index < -0.39 is 0 Å². The minimum absolute atomic E-state index is 0.0594. The van der Waals surface area contributed by atoms with Crippen LogP contribution in [0.1, 0.15) is 64.7 Å². The van der Waals surface area contributed by atoms with Crippen LogP contribution in [-0.2, 0) is 9.53 Å². The largest absolute Gasteiger partial charge is 0.462 e. The van der Waals surface area contributed by atoms with Gasteiger partial charge in [0.1, 0.15) is 6.10 Å². The number of hydrogen-bond donors (Lipinski definition) is 1. The number of ether oxygens (including phenoxy) is 1. The second-order valence-corrected chi connectivity index (χ2v) is 5.93. The average Bonchev–Trinajstić information content (AvgIpc) is 2.68. The Morgan fingerprint density at radius 3 is 2.50 bits per heavy atom. The Morgan fingerprint density at radius 2 is 1.94 bits per heavy atom. The smallest absolute Gasteiger partial charge is 0.313 e. The Balaban J connectivity index is 1.91. The van der Waals surface area contributed by atoms with Crippen molar-refractivity contribution < 1.29 is 9.53 Å². The highest BCUT2D eigenvalue weighted by atomic mass is 16.5. The molecule has 0 aromatic heterocycles. The highest BCUT2D eigenvalue weighted by Crippen LogP contribution is 2.33. The van der Waals surface area contributed by atoms with Gasteiger partial charge in [0, 0.05) is 6.54 Å². The first kappa shape index (κ1) is 13.9. The Labute approximate surface area is 111 Å². The molecule has 0 radical (unpaired) electrons. The molecule has 0 bridgehead atoms. The molecule has 3 nitrogen and oxygen atoms in total. The standard InChI is InChI=1S/C15H27NO2/c1-2-15(10-7-11-16-12-15)14(17)18-13-8-5-3-4-6-9-13/h13,16H,2-12H2,1H3. The van der Waals surface area contributed by atoms with E-state index in [0.717, 1.165) is 45.2 Å². The lowest BCUT2D eigenvalue weighted by molar-refractivity contribution is -0.163. The van der Waals surface area contributed by atoms with Gasteiger partial charge >= 0.3 is 5.97 Å². The van der Waals surface area contributed by atoms with Crippen molar-refractivity contribution in [2.45, 2.75) is 70.8 Å². The van der Waals surface area contributed by atoms with Crippen molar-refractivity contribution in [2.24, 2.45) is 5.41 Å². The lowest BCUT2D eigenvalue weighted by atomic mass is 9.78. The molecular weight excluding hydrogens is 226 g/mol. The average molecular weight is 253 g/mol. The van der Waals surface area contributed by atoms with E-state index in [1.807, 2.05) is 0 Å². The molecule has 1 N–H and O–H groups in total. The second-order valence-electron chi connectivity index (χ2n) is 5.93. The van der Waals surface area contributed by atoms with Crippen molar-refractivity contribution in [1.29, 1.82) is 0 Å². The maximum Gasteiger partial charge on any atom is 0.313 e. The van der Waals surface area contributed by atoms with E-state index in [1.54, 1.807) is 0 Å². The predicted octanol–water partition coefficient (Wildman–Crippen LogP) is 3.03. The number of carbonyl (C=O) groups excluding carboxylic acids is 1. The monoisotopic (exact) mass is 253 g/mol. The van der Waals surface area contributed by atoms with Crippen LogP contribution in [0, 0.1) is 5.41 Å². The van der Waals surface area contributed by atoms with Gasteiger partial charge in [-0.15, -0.1) is 0 Å². The minimum Gasteiger partial charge on any atom is -0.462 e. The number of hydrogen-bond acceptors (Lipinski definition) is 3. The molecule has 3 heteroatoms. The number of carbonyl (C=O) groups is 1. The van der Waals surface area contributed by atoms with Crippen molar-refractivity contribution in [3.8, 4) is 0 Å². The van der Waals surface area contributed by atoms with Crippen LogP contribution in [0.2, 0.25) is 0 Å². The Bertz CT molecular complexity index is 264. The molecule has 0 amide bonds. The number of nitrogens with one attached hydrogen (secondary N) is 1. The van der Waals surface area contributed by atoms with Gasteiger partial charge in [-0.3, -0.25) is 4.79 Å². The van der Waals surface area contributed by atoms with E-state index in [1.165, 1.54) is 25.7 Å². The third-order valence-corrected chi connectivity index (χ3v) is 4.66. The first-order valence-corrected chi connectivity index (χ1v) is 7.69. The van der Waals surface area contributed by atoms with Crippen LogP contribution >= 0.6 is 0 Å². The molecule has 1 aliphatic heterocycles. The zero-order valence-corrected chi connectivity index (χ0v) is 11.7. The van der Waals surface area contributed by atoms with Crippen LogP contribution in [0.3, 0.4) is 0 Å². The molecule has 18 heavy (non-hydrogen) atoms. The predicted molar refractivity (Wildman–Crippen MR) is 72.4 cm³/mol. The summed E-state index contributed by atoms with van der Waals surface area (Å²) >= 11 is 0. The summed E-state index contributed by atoms with van der Waals surface area (Å²) in [6, 6.07) is 0. The Kier molecular flexibility index (Phi) is 5.04. The fourth-order valence-electron chi connectivity index (χ4n) is 3.22. The fraction of sp³-hybridized carbons (Fsp3) is 0.933. The van der Waals surface area contributed by atoms with Gasteiger partial charge in [0.05, 0.1) is 5.41 Å². The van der Waals surface area contributed by atoms with E-state index in [-0.39, 0.29) is 17.5 Å². The molecule has 1 aliphatic carbocycles. The van der Waals surface area contributed by atoms with Crippen LogP contribution in [0.25, 0.3) is 0 Å². The van der Waals surface area contributed by atoms with Crippen LogP contribution in [0.5, 0.6) is 0 Å². The van der Waals surface area contributed by atoms with Gasteiger partial charge in [0.2, 0.25) is 0 Å². The molecule has 104 valence electrons. The Morgan fingerprint density at radius 1 is 1.22 bits per heavy atom. The topological polar surface area (TPSA) is 38.3 Å². The van der Waals surface area contributed by atoms with Crippen molar-refractivity contribution >= 4 is 5.97 Å². The van der Waals surface area contributed by atoms with Gasteiger partial charge in [0.15, 0.2) is 0 Å². The van der Waals surface area contributed by atoms with Crippen molar-refractivity contribution in [1.82, 2.24) is 5.32 Å². The lowest BCUT2D eigenvalue weighted by Crippen LogP contribution is -2.46. The van der Waals surface area contributed by atoms with Crippen LogP contribution in [0.15, 0.2) is 0 Å².